The molecule has 2 amide bonds. The number of fused-ring (bicyclic) bond motifs is 1. The highest BCUT2D eigenvalue weighted by Crippen LogP contribution is 2.20. The molecule has 140 valence electrons. The summed E-state index contributed by atoms with van der Waals surface area (Å²) in [6.45, 7) is 3.75. The molecule has 6 heteroatoms. The summed E-state index contributed by atoms with van der Waals surface area (Å²) in [6.07, 6.45) is 2.85. The molecule has 1 fully saturated rings. The Balaban J connectivity index is 1.25. The van der Waals surface area contributed by atoms with Gasteiger partial charge in [0.2, 0.25) is 0 Å². The molecule has 1 aromatic heterocycles. The molecule has 4 rings (SSSR count). The Kier molecular flexibility index (Phi) is 5.21. The summed E-state index contributed by atoms with van der Waals surface area (Å²) in [5, 5.41) is 5.02. The van der Waals surface area contributed by atoms with Crippen LogP contribution in [0.1, 0.15) is 5.56 Å². The van der Waals surface area contributed by atoms with Crippen molar-refractivity contribution in [3.8, 4) is 0 Å². The van der Waals surface area contributed by atoms with Crippen LogP contribution in [0.15, 0.2) is 54.7 Å². The molecule has 0 radical (unpaired) electrons. The maximum atomic E-state index is 12.4. The zero-order valence-electron chi connectivity index (χ0n) is 15.1. The third kappa shape index (κ3) is 4.03. The van der Waals surface area contributed by atoms with Crippen molar-refractivity contribution in [1.82, 2.24) is 15.2 Å². The number of urea groups is 1. The van der Waals surface area contributed by atoms with Crippen LogP contribution in [-0.2, 0) is 6.42 Å². The van der Waals surface area contributed by atoms with Crippen LogP contribution in [0, 0.1) is 0 Å². The normalized spacial score (nSPS) is 14.6. The lowest BCUT2D eigenvalue weighted by atomic mass is 10.1. The Hall–Kier alpha value is -2.66. The van der Waals surface area contributed by atoms with Crippen molar-refractivity contribution in [2.75, 3.05) is 37.6 Å². The van der Waals surface area contributed by atoms with E-state index in [1.807, 2.05) is 47.5 Å². The Morgan fingerprint density at radius 3 is 2.56 bits per heavy atom. The zero-order valence-corrected chi connectivity index (χ0v) is 15.9. The second-order valence-corrected chi connectivity index (χ2v) is 7.23. The van der Waals surface area contributed by atoms with E-state index < -0.39 is 0 Å². The van der Waals surface area contributed by atoms with E-state index in [9.17, 15) is 4.79 Å². The van der Waals surface area contributed by atoms with Crippen LogP contribution in [0.25, 0.3) is 10.9 Å². The topological polar surface area (TPSA) is 51.4 Å². The van der Waals surface area contributed by atoms with E-state index in [-0.39, 0.29) is 6.03 Å². The van der Waals surface area contributed by atoms with Crippen molar-refractivity contribution in [2.24, 2.45) is 0 Å². The predicted molar refractivity (Wildman–Crippen MR) is 111 cm³/mol. The number of hydrogen-bond acceptors (Lipinski definition) is 2. The molecule has 0 unspecified atom stereocenters. The van der Waals surface area contributed by atoms with Crippen LogP contribution >= 0.6 is 11.6 Å². The van der Waals surface area contributed by atoms with Crippen LogP contribution in [0.2, 0.25) is 5.02 Å². The van der Waals surface area contributed by atoms with Gasteiger partial charge in [-0.2, -0.15) is 0 Å². The molecular weight excluding hydrogens is 360 g/mol. The van der Waals surface area contributed by atoms with E-state index in [0.29, 0.717) is 6.54 Å². The largest absolute Gasteiger partial charge is 0.368 e. The van der Waals surface area contributed by atoms with Gasteiger partial charge in [-0.25, -0.2) is 4.79 Å². The third-order valence-corrected chi connectivity index (χ3v) is 5.36. The molecule has 1 saturated heterocycles. The fourth-order valence-electron chi connectivity index (χ4n) is 3.57. The van der Waals surface area contributed by atoms with E-state index in [0.717, 1.165) is 48.8 Å². The van der Waals surface area contributed by atoms with Crippen molar-refractivity contribution in [3.05, 3.63) is 65.3 Å². The number of benzene rings is 2. The number of H-pyrrole nitrogens is 1. The van der Waals surface area contributed by atoms with Gasteiger partial charge in [0.1, 0.15) is 0 Å². The number of aromatic amines is 1. The van der Waals surface area contributed by atoms with Gasteiger partial charge >= 0.3 is 6.03 Å². The standard InChI is InChI=1S/C21H23ClN4O/c22-17-5-7-18(8-6-17)25-11-13-26(14-12-25)21(27)23-10-9-16-15-24-20-4-2-1-3-19(16)20/h1-8,15,24H,9-14H2,(H,23,27). The number of carbonyl (C=O) groups excluding carboxylic acids is 1. The van der Waals surface area contributed by atoms with Gasteiger partial charge in [0.15, 0.2) is 0 Å². The molecule has 3 aromatic rings. The highest BCUT2D eigenvalue weighted by atomic mass is 35.5. The van der Waals surface area contributed by atoms with Crippen LogP contribution < -0.4 is 10.2 Å². The fraction of sp³-hybridized carbons (Fsp3) is 0.286. The van der Waals surface area contributed by atoms with Gasteiger partial charge in [0, 0.05) is 60.5 Å². The first-order valence-corrected chi connectivity index (χ1v) is 9.67. The number of para-hydroxylation sites is 1. The van der Waals surface area contributed by atoms with E-state index >= 15 is 0 Å². The minimum absolute atomic E-state index is 0.0191. The SMILES string of the molecule is O=C(NCCc1c[nH]c2ccccc12)N1CCN(c2ccc(Cl)cc2)CC1. The number of nitrogens with zero attached hydrogens (tertiary/aromatic N) is 2. The lowest BCUT2D eigenvalue weighted by molar-refractivity contribution is 0.194. The average molecular weight is 383 g/mol. The van der Waals surface area contributed by atoms with E-state index in [1.165, 1.54) is 10.9 Å². The number of piperazine rings is 1. The molecule has 2 heterocycles. The van der Waals surface area contributed by atoms with Crippen molar-refractivity contribution < 1.29 is 4.79 Å². The van der Waals surface area contributed by atoms with E-state index in [1.54, 1.807) is 0 Å². The lowest BCUT2D eigenvalue weighted by Gasteiger charge is -2.36. The number of anilines is 1. The quantitative estimate of drug-likeness (QED) is 0.719. The number of aromatic nitrogens is 1. The highest BCUT2D eigenvalue weighted by molar-refractivity contribution is 6.30. The summed E-state index contributed by atoms with van der Waals surface area (Å²) in [7, 11) is 0. The van der Waals surface area contributed by atoms with Crippen molar-refractivity contribution in [1.29, 1.82) is 0 Å². The number of halogens is 1. The van der Waals surface area contributed by atoms with Gasteiger partial charge in [0.05, 0.1) is 0 Å². The third-order valence-electron chi connectivity index (χ3n) is 5.10. The Morgan fingerprint density at radius 2 is 1.78 bits per heavy atom. The second kappa shape index (κ2) is 7.92. The van der Waals surface area contributed by atoms with Crippen LogP contribution in [-0.4, -0.2) is 48.6 Å². The van der Waals surface area contributed by atoms with Gasteiger partial charge in [-0.1, -0.05) is 29.8 Å². The smallest absolute Gasteiger partial charge is 0.317 e. The first-order chi connectivity index (χ1) is 13.2. The van der Waals surface area contributed by atoms with E-state index in [4.69, 9.17) is 11.6 Å². The molecule has 0 saturated carbocycles. The zero-order chi connectivity index (χ0) is 18.6. The van der Waals surface area contributed by atoms with Crippen molar-refractivity contribution in [3.63, 3.8) is 0 Å². The first-order valence-electron chi connectivity index (χ1n) is 9.29. The summed E-state index contributed by atoms with van der Waals surface area (Å²) in [4.78, 5) is 19.9. The number of carbonyl (C=O) groups is 1. The average Bonchev–Trinajstić information content (AvgIpc) is 3.12. The van der Waals surface area contributed by atoms with Gasteiger partial charge in [-0.05, 0) is 42.3 Å². The summed E-state index contributed by atoms with van der Waals surface area (Å²) >= 11 is 5.95. The first kappa shape index (κ1) is 17.7. The fourth-order valence-corrected chi connectivity index (χ4v) is 3.70. The Bertz CT molecular complexity index is 913. The molecule has 1 aliphatic rings. The molecule has 5 nitrogen and oxygen atoms in total. The number of nitrogens with one attached hydrogen (secondary N) is 2. The van der Waals surface area contributed by atoms with Crippen molar-refractivity contribution >= 4 is 34.2 Å². The molecule has 1 aliphatic heterocycles. The van der Waals surface area contributed by atoms with Crippen LogP contribution in [0.5, 0.6) is 0 Å². The van der Waals surface area contributed by atoms with Gasteiger partial charge in [0.25, 0.3) is 0 Å². The molecule has 2 aromatic carbocycles. The maximum absolute atomic E-state index is 12.4. The minimum Gasteiger partial charge on any atom is -0.368 e. The monoisotopic (exact) mass is 382 g/mol. The predicted octanol–water partition coefficient (Wildman–Crippen LogP) is 3.90. The number of amides is 2. The van der Waals surface area contributed by atoms with E-state index in [2.05, 4.69) is 27.3 Å². The lowest BCUT2D eigenvalue weighted by Crippen LogP contribution is -2.52. The summed E-state index contributed by atoms with van der Waals surface area (Å²) < 4.78 is 0. The van der Waals surface area contributed by atoms with Gasteiger partial charge in [-0.15, -0.1) is 0 Å². The number of rotatable bonds is 4. The number of hydrogen-bond donors (Lipinski definition) is 2. The van der Waals surface area contributed by atoms with Gasteiger partial charge in [-0.3, -0.25) is 0 Å². The molecule has 27 heavy (non-hydrogen) atoms. The van der Waals surface area contributed by atoms with Crippen LogP contribution in [0.3, 0.4) is 0 Å². The molecule has 2 N–H and O–H groups in total. The molecular formula is C21H23ClN4O. The summed E-state index contributed by atoms with van der Waals surface area (Å²) in [5.41, 5.74) is 3.52. The molecule has 0 atom stereocenters. The Labute approximate surface area is 163 Å². The summed E-state index contributed by atoms with van der Waals surface area (Å²) in [5.74, 6) is 0. The molecule has 0 spiro atoms. The highest BCUT2D eigenvalue weighted by Gasteiger charge is 2.21. The van der Waals surface area contributed by atoms with Gasteiger partial charge < -0.3 is 20.1 Å². The second-order valence-electron chi connectivity index (χ2n) is 6.79. The Morgan fingerprint density at radius 1 is 1.04 bits per heavy atom. The molecule has 0 bridgehead atoms. The minimum atomic E-state index is 0.0191. The molecule has 0 aliphatic carbocycles. The maximum Gasteiger partial charge on any atom is 0.317 e. The van der Waals surface area contributed by atoms with Crippen LogP contribution in [0.4, 0.5) is 10.5 Å². The summed E-state index contributed by atoms with van der Waals surface area (Å²) in [6, 6.07) is 16.1. The van der Waals surface area contributed by atoms with Crippen molar-refractivity contribution in [2.45, 2.75) is 6.42 Å².